The molecule has 94 valence electrons. The van der Waals surface area contributed by atoms with Gasteiger partial charge in [0.05, 0.1) is 0 Å². The van der Waals surface area contributed by atoms with Crippen molar-refractivity contribution in [2.45, 2.75) is 44.7 Å². The van der Waals surface area contributed by atoms with Gasteiger partial charge in [-0.05, 0) is 53.4 Å². The van der Waals surface area contributed by atoms with Crippen molar-refractivity contribution < 1.29 is 9.90 Å². The predicted molar refractivity (Wildman–Crippen MR) is 64.6 cm³/mol. The minimum atomic E-state index is -0.690. The molecule has 1 N–H and O–H groups in total. The summed E-state index contributed by atoms with van der Waals surface area (Å²) in [5.74, 6) is -0.690. The van der Waals surface area contributed by atoms with E-state index < -0.39 is 5.97 Å². The highest BCUT2D eigenvalue weighted by Crippen LogP contribution is 2.19. The van der Waals surface area contributed by atoms with E-state index in [-0.39, 0.29) is 6.42 Å². The summed E-state index contributed by atoms with van der Waals surface area (Å²) < 4.78 is 0. The van der Waals surface area contributed by atoms with Crippen molar-refractivity contribution in [3.8, 4) is 0 Å². The van der Waals surface area contributed by atoms with Gasteiger partial charge in [0.15, 0.2) is 0 Å². The van der Waals surface area contributed by atoms with Crippen molar-refractivity contribution >= 4 is 5.97 Å². The second kappa shape index (κ2) is 6.21. The normalized spacial score (nSPS) is 27.2. The number of rotatable bonds is 5. The molecule has 0 spiro atoms. The minimum absolute atomic E-state index is 0.284. The molecule has 1 aliphatic heterocycles. The molecule has 0 aromatic carbocycles. The van der Waals surface area contributed by atoms with Gasteiger partial charge in [-0.1, -0.05) is 0 Å². The zero-order chi connectivity index (χ0) is 12.1. The third-order valence-electron chi connectivity index (χ3n) is 3.71. The summed E-state index contributed by atoms with van der Waals surface area (Å²) in [7, 11) is 4.29. The minimum Gasteiger partial charge on any atom is -0.481 e. The summed E-state index contributed by atoms with van der Waals surface area (Å²) in [6.07, 6.45) is 3.43. The number of aliphatic carboxylic acids is 1. The molecule has 16 heavy (non-hydrogen) atoms. The van der Waals surface area contributed by atoms with Crippen LogP contribution in [-0.4, -0.2) is 60.1 Å². The Morgan fingerprint density at radius 1 is 1.56 bits per heavy atom. The van der Waals surface area contributed by atoms with E-state index in [9.17, 15) is 4.79 Å². The number of hydrogen-bond acceptors (Lipinski definition) is 3. The monoisotopic (exact) mass is 228 g/mol. The fraction of sp³-hybridized carbons (Fsp3) is 0.917. The van der Waals surface area contributed by atoms with Gasteiger partial charge in [-0.25, -0.2) is 0 Å². The smallest absolute Gasteiger partial charge is 0.303 e. The maximum absolute atomic E-state index is 10.4. The van der Waals surface area contributed by atoms with Gasteiger partial charge in [-0.15, -0.1) is 0 Å². The number of carboxylic acid groups (broad SMARTS) is 1. The quantitative estimate of drug-likeness (QED) is 0.769. The van der Waals surface area contributed by atoms with Crippen molar-refractivity contribution in [3.05, 3.63) is 0 Å². The van der Waals surface area contributed by atoms with Gasteiger partial charge in [-0.2, -0.15) is 0 Å². The summed E-state index contributed by atoms with van der Waals surface area (Å²) in [5, 5.41) is 8.59. The maximum atomic E-state index is 10.4. The average molecular weight is 228 g/mol. The second-order valence-corrected chi connectivity index (χ2v) is 4.99. The zero-order valence-electron chi connectivity index (χ0n) is 10.6. The first-order valence-corrected chi connectivity index (χ1v) is 6.13. The first kappa shape index (κ1) is 13.5. The lowest BCUT2D eigenvalue weighted by Gasteiger charge is -2.39. The van der Waals surface area contributed by atoms with Crippen LogP contribution in [0, 0.1) is 0 Å². The van der Waals surface area contributed by atoms with E-state index in [1.807, 2.05) is 0 Å². The lowest BCUT2D eigenvalue weighted by Crippen LogP contribution is -2.46. The summed E-state index contributed by atoms with van der Waals surface area (Å²) >= 11 is 0. The SMILES string of the molecule is CC1CC(N(C)CCCC(=O)O)CCN1C. The summed E-state index contributed by atoms with van der Waals surface area (Å²) in [5.41, 5.74) is 0. The number of piperidine rings is 1. The highest BCUT2D eigenvalue weighted by atomic mass is 16.4. The molecule has 1 heterocycles. The Hall–Kier alpha value is -0.610. The number of carboxylic acids is 1. The number of carbonyl (C=O) groups is 1. The summed E-state index contributed by atoms with van der Waals surface area (Å²) in [6, 6.07) is 1.26. The van der Waals surface area contributed by atoms with Gasteiger partial charge >= 0.3 is 5.97 Å². The molecule has 0 aliphatic carbocycles. The van der Waals surface area contributed by atoms with Crippen LogP contribution in [-0.2, 0) is 4.79 Å². The second-order valence-electron chi connectivity index (χ2n) is 4.99. The van der Waals surface area contributed by atoms with E-state index in [2.05, 4.69) is 30.8 Å². The van der Waals surface area contributed by atoms with E-state index in [1.54, 1.807) is 0 Å². The zero-order valence-corrected chi connectivity index (χ0v) is 10.6. The molecular formula is C12H24N2O2. The molecular weight excluding hydrogens is 204 g/mol. The van der Waals surface area contributed by atoms with Crippen molar-refractivity contribution in [2.24, 2.45) is 0 Å². The van der Waals surface area contributed by atoms with Crippen LogP contribution < -0.4 is 0 Å². The van der Waals surface area contributed by atoms with Gasteiger partial charge in [0.25, 0.3) is 0 Å². The molecule has 0 amide bonds. The first-order chi connectivity index (χ1) is 7.50. The van der Waals surface area contributed by atoms with Gasteiger partial charge in [0.2, 0.25) is 0 Å². The molecule has 4 nitrogen and oxygen atoms in total. The van der Waals surface area contributed by atoms with Gasteiger partial charge in [0.1, 0.15) is 0 Å². The van der Waals surface area contributed by atoms with Crippen molar-refractivity contribution in [2.75, 3.05) is 27.2 Å². The first-order valence-electron chi connectivity index (χ1n) is 6.13. The molecule has 1 rings (SSSR count). The largest absolute Gasteiger partial charge is 0.481 e. The number of likely N-dealkylation sites (tertiary alicyclic amines) is 1. The predicted octanol–water partition coefficient (Wildman–Crippen LogP) is 1.27. The molecule has 0 bridgehead atoms. The third-order valence-corrected chi connectivity index (χ3v) is 3.71. The van der Waals surface area contributed by atoms with Gasteiger partial charge in [0, 0.05) is 18.5 Å². The summed E-state index contributed by atoms with van der Waals surface area (Å²) in [4.78, 5) is 15.1. The van der Waals surface area contributed by atoms with Crippen molar-refractivity contribution in [3.63, 3.8) is 0 Å². The molecule has 1 saturated heterocycles. The van der Waals surface area contributed by atoms with E-state index in [0.29, 0.717) is 12.1 Å². The number of hydrogen-bond donors (Lipinski definition) is 1. The molecule has 4 heteroatoms. The fourth-order valence-corrected chi connectivity index (χ4v) is 2.33. The van der Waals surface area contributed by atoms with Crippen LogP contribution in [0.2, 0.25) is 0 Å². The highest BCUT2D eigenvalue weighted by Gasteiger charge is 2.25. The Morgan fingerprint density at radius 3 is 2.81 bits per heavy atom. The van der Waals surface area contributed by atoms with Crippen LogP contribution in [0.25, 0.3) is 0 Å². The lowest BCUT2D eigenvalue weighted by molar-refractivity contribution is -0.137. The van der Waals surface area contributed by atoms with Crippen LogP contribution in [0.4, 0.5) is 0 Å². The Morgan fingerprint density at radius 2 is 2.25 bits per heavy atom. The Labute approximate surface area is 98.2 Å². The van der Waals surface area contributed by atoms with E-state index in [0.717, 1.165) is 19.5 Å². The van der Waals surface area contributed by atoms with Crippen LogP contribution in [0.15, 0.2) is 0 Å². The standard InChI is InChI=1S/C12H24N2O2/c1-10-9-11(6-8-13(10)2)14(3)7-4-5-12(15)16/h10-11H,4-9H2,1-3H3,(H,15,16). The van der Waals surface area contributed by atoms with Gasteiger partial charge in [-0.3, -0.25) is 4.79 Å². The molecule has 2 unspecified atom stereocenters. The summed E-state index contributed by atoms with van der Waals surface area (Å²) in [6.45, 7) is 4.31. The molecule has 0 radical (unpaired) electrons. The van der Waals surface area contributed by atoms with Crippen molar-refractivity contribution in [1.29, 1.82) is 0 Å². The lowest BCUT2D eigenvalue weighted by atomic mass is 9.97. The van der Waals surface area contributed by atoms with Gasteiger partial charge < -0.3 is 14.9 Å². The molecule has 2 atom stereocenters. The maximum Gasteiger partial charge on any atom is 0.303 e. The van der Waals surface area contributed by atoms with Crippen molar-refractivity contribution in [1.82, 2.24) is 9.80 Å². The topological polar surface area (TPSA) is 43.8 Å². The Bertz CT molecular complexity index is 233. The molecule has 1 aliphatic rings. The molecule has 1 fully saturated rings. The van der Waals surface area contributed by atoms with E-state index in [4.69, 9.17) is 5.11 Å². The third kappa shape index (κ3) is 4.10. The van der Waals surface area contributed by atoms with Crippen LogP contribution in [0.1, 0.15) is 32.6 Å². The van der Waals surface area contributed by atoms with Crippen LogP contribution in [0.5, 0.6) is 0 Å². The van der Waals surface area contributed by atoms with E-state index in [1.165, 1.54) is 12.8 Å². The molecule has 0 aromatic heterocycles. The Kier molecular flexibility index (Phi) is 5.22. The van der Waals surface area contributed by atoms with Crippen LogP contribution in [0.3, 0.4) is 0 Å². The Balaban J connectivity index is 2.26. The average Bonchev–Trinajstić information content (AvgIpc) is 2.21. The molecule has 0 saturated carbocycles. The molecule has 0 aromatic rings. The number of nitrogens with zero attached hydrogens (tertiary/aromatic N) is 2. The van der Waals surface area contributed by atoms with Crippen LogP contribution >= 0.6 is 0 Å². The highest BCUT2D eigenvalue weighted by molar-refractivity contribution is 5.66. The van der Waals surface area contributed by atoms with E-state index >= 15 is 0 Å². The fourth-order valence-electron chi connectivity index (χ4n) is 2.33.